The first kappa shape index (κ1) is 39.3. The third kappa shape index (κ3) is 14.1. The molecule has 4 aromatic carbocycles. The van der Waals surface area contributed by atoms with E-state index in [1.807, 2.05) is 118 Å². The maximum Gasteiger partial charge on any atom is 0.408 e. The Morgan fingerprint density at radius 2 is 0.960 bits per heavy atom. The van der Waals surface area contributed by atoms with Crippen molar-refractivity contribution in [3.63, 3.8) is 0 Å². The van der Waals surface area contributed by atoms with Crippen LogP contribution in [0, 0.1) is 0 Å². The standard InChI is InChI=1S/C21H25NO4.C20H25NO3/c1-21(2,3)26-20(24)22-18(19(23)25-4)14-15-10-12-17(13-11-15)16-8-6-5-7-9-16;1-20(2,3)24-19(23)21-18(14-22)13-15-9-11-17(12-10-15)16-7-5-4-6-8-16/h5-13,18H,14H2,1-4H3,(H,22,24);4-12,18,22H,13-14H2,1-3H3,(H,21,23). The van der Waals surface area contributed by atoms with Gasteiger partial charge in [0.15, 0.2) is 0 Å². The fraction of sp³-hybridized carbons (Fsp3) is 0.341. The van der Waals surface area contributed by atoms with Gasteiger partial charge in [0.1, 0.15) is 17.2 Å². The zero-order chi connectivity index (χ0) is 36.7. The van der Waals surface area contributed by atoms with Gasteiger partial charge < -0.3 is 30.0 Å². The highest BCUT2D eigenvalue weighted by Gasteiger charge is 2.25. The number of aliphatic hydroxyl groups excluding tert-OH is 1. The maximum atomic E-state index is 12.0. The van der Waals surface area contributed by atoms with Crippen LogP contribution in [0.4, 0.5) is 9.59 Å². The van der Waals surface area contributed by atoms with Gasteiger partial charge in [0.25, 0.3) is 0 Å². The Hall–Kier alpha value is -5.15. The molecular formula is C41H50N2O7. The van der Waals surface area contributed by atoms with E-state index in [0.29, 0.717) is 12.8 Å². The minimum absolute atomic E-state index is 0.139. The summed E-state index contributed by atoms with van der Waals surface area (Å²) in [5, 5.41) is 14.8. The van der Waals surface area contributed by atoms with Crippen molar-refractivity contribution in [3.05, 3.63) is 120 Å². The lowest BCUT2D eigenvalue weighted by molar-refractivity contribution is -0.143. The Morgan fingerprint density at radius 3 is 1.34 bits per heavy atom. The predicted octanol–water partition coefficient (Wildman–Crippen LogP) is 7.74. The quantitative estimate of drug-likeness (QED) is 0.116. The van der Waals surface area contributed by atoms with Gasteiger partial charge in [-0.2, -0.15) is 0 Å². The number of ether oxygens (including phenoxy) is 3. The lowest BCUT2D eigenvalue weighted by Gasteiger charge is -2.22. The summed E-state index contributed by atoms with van der Waals surface area (Å²) in [5.74, 6) is -0.511. The summed E-state index contributed by atoms with van der Waals surface area (Å²) in [6.45, 7) is 10.6. The molecule has 0 radical (unpaired) electrons. The van der Waals surface area contributed by atoms with Crippen LogP contribution in [0.3, 0.4) is 0 Å². The Labute approximate surface area is 296 Å². The van der Waals surface area contributed by atoms with E-state index in [1.165, 1.54) is 7.11 Å². The molecule has 0 saturated carbocycles. The van der Waals surface area contributed by atoms with E-state index < -0.39 is 35.4 Å². The number of benzene rings is 4. The van der Waals surface area contributed by atoms with Gasteiger partial charge in [0.2, 0.25) is 0 Å². The molecule has 2 unspecified atom stereocenters. The molecule has 3 N–H and O–H groups in total. The van der Waals surface area contributed by atoms with Crippen molar-refractivity contribution in [2.75, 3.05) is 13.7 Å². The van der Waals surface area contributed by atoms with E-state index in [2.05, 4.69) is 22.8 Å². The molecular weight excluding hydrogens is 632 g/mol. The number of rotatable bonds is 10. The summed E-state index contributed by atoms with van der Waals surface area (Å²) in [6, 6.07) is 35.0. The van der Waals surface area contributed by atoms with Gasteiger partial charge in [0, 0.05) is 6.42 Å². The second-order valence-electron chi connectivity index (χ2n) is 13.8. The first-order chi connectivity index (χ1) is 23.7. The molecule has 2 atom stereocenters. The van der Waals surface area contributed by atoms with Gasteiger partial charge in [-0.1, -0.05) is 109 Å². The van der Waals surface area contributed by atoms with Gasteiger partial charge in [-0.05, 0) is 81.3 Å². The summed E-state index contributed by atoms with van der Waals surface area (Å²) in [4.78, 5) is 35.8. The highest BCUT2D eigenvalue weighted by Crippen LogP contribution is 2.21. The minimum atomic E-state index is -0.808. The van der Waals surface area contributed by atoms with Gasteiger partial charge in [-0.3, -0.25) is 0 Å². The van der Waals surface area contributed by atoms with Crippen LogP contribution in [0.2, 0.25) is 0 Å². The third-order valence-electron chi connectivity index (χ3n) is 7.16. The van der Waals surface area contributed by atoms with Crippen LogP contribution in [0.15, 0.2) is 109 Å². The molecule has 4 aromatic rings. The fourth-order valence-electron chi connectivity index (χ4n) is 4.87. The number of hydrogen-bond acceptors (Lipinski definition) is 7. The molecule has 9 heteroatoms. The van der Waals surface area contributed by atoms with E-state index in [0.717, 1.165) is 33.4 Å². The Balaban J connectivity index is 0.000000271. The largest absolute Gasteiger partial charge is 0.467 e. The smallest absolute Gasteiger partial charge is 0.408 e. The van der Waals surface area contributed by atoms with Crippen LogP contribution < -0.4 is 10.6 Å². The summed E-state index contributed by atoms with van der Waals surface area (Å²) >= 11 is 0. The Bertz CT molecular complexity index is 1630. The number of alkyl carbamates (subject to hydrolysis) is 2. The molecule has 0 bridgehead atoms. The van der Waals surface area contributed by atoms with E-state index in [-0.39, 0.29) is 12.6 Å². The number of esters is 1. The molecule has 4 rings (SSSR count). The summed E-state index contributed by atoms with van der Waals surface area (Å²) in [5.41, 5.74) is 5.28. The fourth-order valence-corrected chi connectivity index (χ4v) is 4.87. The van der Waals surface area contributed by atoms with Crippen molar-refractivity contribution in [2.24, 2.45) is 0 Å². The van der Waals surface area contributed by atoms with Crippen molar-refractivity contribution < 1.29 is 33.7 Å². The van der Waals surface area contributed by atoms with Crippen LogP contribution in [-0.4, -0.2) is 60.3 Å². The number of carbonyl (C=O) groups excluding carboxylic acids is 3. The highest BCUT2D eigenvalue weighted by atomic mass is 16.6. The number of hydrogen-bond donors (Lipinski definition) is 3. The molecule has 0 aliphatic heterocycles. The summed E-state index contributed by atoms with van der Waals surface area (Å²) in [7, 11) is 1.30. The highest BCUT2D eigenvalue weighted by molar-refractivity contribution is 5.81. The topological polar surface area (TPSA) is 123 Å². The molecule has 0 fully saturated rings. The molecule has 266 valence electrons. The molecule has 9 nitrogen and oxygen atoms in total. The normalized spacial score (nSPS) is 12.3. The molecule has 2 amide bonds. The van der Waals surface area contributed by atoms with Crippen molar-refractivity contribution >= 4 is 18.2 Å². The molecule has 0 spiro atoms. The minimum Gasteiger partial charge on any atom is -0.467 e. The Morgan fingerprint density at radius 1 is 0.580 bits per heavy atom. The van der Waals surface area contributed by atoms with Gasteiger partial charge in [-0.15, -0.1) is 0 Å². The van der Waals surface area contributed by atoms with Crippen LogP contribution in [0.5, 0.6) is 0 Å². The Kier molecular flexibility index (Phi) is 14.6. The molecule has 0 aliphatic rings. The van der Waals surface area contributed by atoms with E-state index in [1.54, 1.807) is 20.8 Å². The average molecular weight is 683 g/mol. The van der Waals surface area contributed by atoms with Gasteiger partial charge in [0.05, 0.1) is 19.8 Å². The molecule has 0 heterocycles. The van der Waals surface area contributed by atoms with E-state index >= 15 is 0 Å². The van der Waals surface area contributed by atoms with Crippen LogP contribution in [0.25, 0.3) is 22.3 Å². The molecule has 50 heavy (non-hydrogen) atoms. The van der Waals surface area contributed by atoms with Crippen molar-refractivity contribution in [1.82, 2.24) is 10.6 Å². The first-order valence-corrected chi connectivity index (χ1v) is 16.6. The maximum absolute atomic E-state index is 12.0. The first-order valence-electron chi connectivity index (χ1n) is 16.6. The van der Waals surface area contributed by atoms with E-state index in [4.69, 9.17) is 14.2 Å². The number of aliphatic hydroxyl groups is 1. The lowest BCUT2D eigenvalue weighted by Crippen LogP contribution is -2.45. The van der Waals surface area contributed by atoms with Crippen LogP contribution in [0.1, 0.15) is 52.7 Å². The van der Waals surface area contributed by atoms with Crippen LogP contribution in [-0.2, 0) is 31.8 Å². The molecule has 0 aliphatic carbocycles. The summed E-state index contributed by atoms with van der Waals surface area (Å²) in [6.07, 6.45) is -0.289. The van der Waals surface area contributed by atoms with Crippen molar-refractivity contribution in [3.8, 4) is 22.3 Å². The van der Waals surface area contributed by atoms with Gasteiger partial charge in [-0.25, -0.2) is 14.4 Å². The SMILES string of the molecule is CC(C)(C)OC(=O)NC(CO)Cc1ccc(-c2ccccc2)cc1.COC(=O)C(Cc1ccc(-c2ccccc2)cc1)NC(=O)OC(C)(C)C. The van der Waals surface area contributed by atoms with Crippen molar-refractivity contribution in [2.45, 2.75) is 77.7 Å². The zero-order valence-corrected chi connectivity index (χ0v) is 30.1. The molecule has 0 saturated heterocycles. The second kappa shape index (κ2) is 18.6. The number of nitrogens with one attached hydrogen (secondary N) is 2. The van der Waals surface area contributed by atoms with Gasteiger partial charge >= 0.3 is 18.2 Å². The van der Waals surface area contributed by atoms with Crippen LogP contribution >= 0.6 is 0 Å². The summed E-state index contributed by atoms with van der Waals surface area (Å²) < 4.78 is 15.2. The number of carbonyl (C=O) groups is 3. The lowest BCUT2D eigenvalue weighted by atomic mass is 10.0. The van der Waals surface area contributed by atoms with Crippen molar-refractivity contribution in [1.29, 1.82) is 0 Å². The number of methoxy groups -OCH3 is 1. The average Bonchev–Trinajstić information content (AvgIpc) is 3.07. The predicted molar refractivity (Wildman–Crippen MR) is 197 cm³/mol. The second-order valence-corrected chi connectivity index (χ2v) is 13.8. The zero-order valence-electron chi connectivity index (χ0n) is 30.1. The third-order valence-corrected chi connectivity index (χ3v) is 7.16. The monoisotopic (exact) mass is 682 g/mol. The van der Waals surface area contributed by atoms with E-state index in [9.17, 15) is 19.5 Å². The molecule has 0 aromatic heterocycles. The number of amides is 2.